The summed E-state index contributed by atoms with van der Waals surface area (Å²) < 4.78 is 6.04. The monoisotopic (exact) mass is 610 g/mol. The Bertz CT molecular complexity index is 611. The van der Waals surface area contributed by atoms with E-state index in [0.717, 1.165) is 25.7 Å². The van der Waals surface area contributed by atoms with E-state index in [9.17, 15) is 14.7 Å². The fourth-order valence-electron chi connectivity index (χ4n) is 6.20. The van der Waals surface area contributed by atoms with Gasteiger partial charge in [0, 0.05) is 13.2 Å². The van der Waals surface area contributed by atoms with Crippen molar-refractivity contribution in [3.8, 4) is 0 Å². The topological polar surface area (TPSA) is 75.6 Å². The molecule has 0 aliphatic carbocycles. The van der Waals surface area contributed by atoms with Crippen LogP contribution < -0.4 is 5.32 Å². The molecular weight excluding hydrogens is 534 g/mol. The number of rotatable bonds is 34. The molecule has 5 heteroatoms. The van der Waals surface area contributed by atoms with Gasteiger partial charge in [0.2, 0.25) is 5.91 Å². The van der Waals surface area contributed by atoms with E-state index in [1.165, 1.54) is 141 Å². The van der Waals surface area contributed by atoms with Gasteiger partial charge in [-0.15, -0.1) is 0 Å². The van der Waals surface area contributed by atoms with Crippen LogP contribution in [0.15, 0.2) is 0 Å². The van der Waals surface area contributed by atoms with Crippen molar-refractivity contribution in [1.29, 1.82) is 0 Å². The van der Waals surface area contributed by atoms with Crippen LogP contribution >= 0.6 is 0 Å². The molecule has 0 aromatic carbocycles. The summed E-state index contributed by atoms with van der Waals surface area (Å²) in [7, 11) is 0. The van der Waals surface area contributed by atoms with E-state index in [2.05, 4.69) is 19.2 Å². The number of carbonyl (C=O) groups is 2. The van der Waals surface area contributed by atoms with Gasteiger partial charge in [0.15, 0.2) is 0 Å². The molecule has 0 fully saturated rings. The number of aliphatic carboxylic acids is 1. The zero-order chi connectivity index (χ0) is 31.8. The van der Waals surface area contributed by atoms with E-state index in [1.54, 1.807) is 6.92 Å². The average molecular weight is 610 g/mol. The zero-order valence-electron chi connectivity index (χ0n) is 29.4. The van der Waals surface area contributed by atoms with E-state index < -0.39 is 23.9 Å². The number of hydrogen-bond donors (Lipinski definition) is 2. The summed E-state index contributed by atoms with van der Waals surface area (Å²) in [6.45, 7) is 9.44. The van der Waals surface area contributed by atoms with Crippen molar-refractivity contribution >= 4 is 11.9 Å². The normalized spacial score (nSPS) is 13.6. The number of nitrogens with one attached hydrogen (secondary N) is 1. The molecule has 256 valence electrons. The van der Waals surface area contributed by atoms with Crippen molar-refractivity contribution in [2.24, 2.45) is 11.8 Å². The van der Waals surface area contributed by atoms with Gasteiger partial charge >= 0.3 is 5.97 Å². The van der Waals surface area contributed by atoms with E-state index >= 15 is 0 Å². The highest BCUT2D eigenvalue weighted by Gasteiger charge is 2.36. The summed E-state index contributed by atoms with van der Waals surface area (Å²) in [6, 6.07) is 0. The van der Waals surface area contributed by atoms with E-state index in [4.69, 9.17) is 4.74 Å². The highest BCUT2D eigenvalue weighted by Crippen LogP contribution is 2.23. The Labute approximate surface area is 268 Å². The molecule has 5 nitrogen and oxygen atoms in total. The second-order valence-corrected chi connectivity index (χ2v) is 13.2. The van der Waals surface area contributed by atoms with Gasteiger partial charge in [-0.1, -0.05) is 182 Å². The molecule has 0 spiro atoms. The van der Waals surface area contributed by atoms with Crippen molar-refractivity contribution in [3.05, 3.63) is 0 Å². The molecule has 0 aliphatic rings. The Hall–Kier alpha value is -1.10. The summed E-state index contributed by atoms with van der Waals surface area (Å²) in [5.41, 5.74) is 0. The Morgan fingerprint density at radius 3 is 1.26 bits per heavy atom. The molecule has 43 heavy (non-hydrogen) atoms. The maximum atomic E-state index is 12.8. The number of unbranched alkanes of at least 4 members (excludes halogenated alkanes) is 24. The molecule has 0 aliphatic heterocycles. The molecule has 0 bridgehead atoms. The minimum atomic E-state index is -0.931. The highest BCUT2D eigenvalue weighted by atomic mass is 16.5. The first-order chi connectivity index (χ1) is 21.0. The molecule has 0 heterocycles. The third-order valence-electron chi connectivity index (χ3n) is 9.20. The first kappa shape index (κ1) is 41.9. The van der Waals surface area contributed by atoms with E-state index in [1.807, 2.05) is 6.92 Å². The largest absolute Gasteiger partial charge is 0.481 e. The van der Waals surface area contributed by atoms with Gasteiger partial charge in [-0.25, -0.2) is 0 Å². The smallest absolute Gasteiger partial charge is 0.309 e. The number of amides is 1. The van der Waals surface area contributed by atoms with Crippen LogP contribution in [0, 0.1) is 11.8 Å². The van der Waals surface area contributed by atoms with Crippen LogP contribution in [-0.4, -0.2) is 36.2 Å². The van der Waals surface area contributed by atoms with Crippen molar-refractivity contribution in [1.82, 2.24) is 5.32 Å². The van der Waals surface area contributed by atoms with Crippen molar-refractivity contribution in [2.45, 2.75) is 207 Å². The molecule has 0 aromatic rings. The zero-order valence-corrected chi connectivity index (χ0v) is 29.4. The quantitative estimate of drug-likeness (QED) is 0.0712. The van der Waals surface area contributed by atoms with Crippen molar-refractivity contribution < 1.29 is 19.4 Å². The molecule has 0 rings (SSSR count). The van der Waals surface area contributed by atoms with Crippen molar-refractivity contribution in [2.75, 3.05) is 13.2 Å². The maximum absolute atomic E-state index is 12.8. The third-order valence-corrected chi connectivity index (χ3v) is 9.20. The van der Waals surface area contributed by atoms with Gasteiger partial charge in [0.05, 0.1) is 17.9 Å². The van der Waals surface area contributed by atoms with E-state index in [-0.39, 0.29) is 5.91 Å². The van der Waals surface area contributed by atoms with Gasteiger partial charge in [-0.2, -0.15) is 0 Å². The lowest BCUT2D eigenvalue weighted by Crippen LogP contribution is -2.43. The predicted molar refractivity (Wildman–Crippen MR) is 185 cm³/mol. The molecule has 3 atom stereocenters. The lowest BCUT2D eigenvalue weighted by molar-refractivity contribution is -0.154. The SMILES string of the molecule is CCCCCCCCCCCCCCCCCCNC(=O)C(C)C(C(=O)O)C(CC)OCCCCCCCCCCCC. The lowest BCUT2D eigenvalue weighted by Gasteiger charge is -2.27. The summed E-state index contributed by atoms with van der Waals surface area (Å²) in [4.78, 5) is 24.9. The van der Waals surface area contributed by atoms with Gasteiger partial charge < -0.3 is 15.2 Å². The summed E-state index contributed by atoms with van der Waals surface area (Å²) in [6.07, 6.45) is 34.0. The van der Waals surface area contributed by atoms with Crippen LogP contribution in [0.4, 0.5) is 0 Å². The first-order valence-corrected chi connectivity index (χ1v) is 19.1. The number of carbonyl (C=O) groups excluding carboxylic acids is 1. The second kappa shape index (κ2) is 32.3. The van der Waals surface area contributed by atoms with Gasteiger partial charge in [0.25, 0.3) is 0 Å². The Morgan fingerprint density at radius 2 is 0.907 bits per heavy atom. The Balaban J connectivity index is 3.89. The van der Waals surface area contributed by atoms with Gasteiger partial charge in [-0.05, 0) is 19.3 Å². The summed E-state index contributed by atoms with van der Waals surface area (Å²) in [5.74, 6) is -2.50. The third kappa shape index (κ3) is 25.9. The van der Waals surface area contributed by atoms with Crippen LogP contribution in [0.1, 0.15) is 201 Å². The highest BCUT2D eigenvalue weighted by molar-refractivity contribution is 5.84. The number of carboxylic acids is 1. The second-order valence-electron chi connectivity index (χ2n) is 13.2. The Kier molecular flexibility index (Phi) is 31.5. The maximum Gasteiger partial charge on any atom is 0.309 e. The van der Waals surface area contributed by atoms with Crippen LogP contribution in [0.5, 0.6) is 0 Å². The minimum absolute atomic E-state index is 0.158. The van der Waals surface area contributed by atoms with Crippen LogP contribution in [0.3, 0.4) is 0 Å². The molecule has 0 radical (unpaired) electrons. The van der Waals surface area contributed by atoms with Gasteiger partial charge in [0.1, 0.15) is 0 Å². The minimum Gasteiger partial charge on any atom is -0.481 e. The first-order valence-electron chi connectivity index (χ1n) is 19.1. The average Bonchev–Trinajstić information content (AvgIpc) is 3.00. The predicted octanol–water partition coefficient (Wildman–Crippen LogP) is 11.4. The molecule has 0 saturated carbocycles. The molecular formula is C38H75NO4. The van der Waals surface area contributed by atoms with Gasteiger partial charge in [-0.3, -0.25) is 9.59 Å². The van der Waals surface area contributed by atoms with Crippen LogP contribution in [0.2, 0.25) is 0 Å². The molecule has 3 unspecified atom stereocenters. The summed E-state index contributed by atoms with van der Waals surface area (Å²) in [5, 5.41) is 12.9. The van der Waals surface area contributed by atoms with Crippen LogP contribution in [-0.2, 0) is 14.3 Å². The lowest BCUT2D eigenvalue weighted by atomic mass is 9.86. The van der Waals surface area contributed by atoms with E-state index in [0.29, 0.717) is 19.6 Å². The Morgan fingerprint density at radius 1 is 0.558 bits per heavy atom. The molecule has 0 saturated heterocycles. The fourth-order valence-corrected chi connectivity index (χ4v) is 6.20. The standard InChI is InChI=1S/C38H75NO4/c1-5-8-10-12-14-16-18-19-20-21-22-23-24-26-28-30-32-39-37(40)34(4)36(38(41)42)35(7-3)43-33-31-29-27-25-17-15-13-11-9-6-2/h34-36H,5-33H2,1-4H3,(H,39,40)(H,41,42). The molecule has 1 amide bonds. The number of carboxylic acid groups (broad SMARTS) is 1. The molecule has 2 N–H and O–H groups in total. The number of hydrogen-bond acceptors (Lipinski definition) is 3. The van der Waals surface area contributed by atoms with Crippen LogP contribution in [0.25, 0.3) is 0 Å². The number of ether oxygens (including phenoxy) is 1. The summed E-state index contributed by atoms with van der Waals surface area (Å²) >= 11 is 0. The van der Waals surface area contributed by atoms with Crippen molar-refractivity contribution in [3.63, 3.8) is 0 Å². The fraction of sp³-hybridized carbons (Fsp3) is 0.947. The molecule has 0 aromatic heterocycles.